The van der Waals surface area contributed by atoms with E-state index in [-0.39, 0.29) is 0 Å². The highest BCUT2D eigenvalue weighted by Crippen LogP contribution is 2.41. The van der Waals surface area contributed by atoms with Gasteiger partial charge in [0.2, 0.25) is 0 Å². The topological polar surface area (TPSA) is 60.0 Å². The van der Waals surface area contributed by atoms with E-state index < -0.39 is 12.0 Å². The summed E-state index contributed by atoms with van der Waals surface area (Å²) in [5.41, 5.74) is 5.00. The minimum absolute atomic E-state index is 0.438. The fourth-order valence-electron chi connectivity index (χ4n) is 3.88. The molecule has 0 aliphatic carbocycles. The molecule has 2 aromatic rings. The molecule has 0 bridgehead atoms. The van der Waals surface area contributed by atoms with E-state index in [9.17, 15) is 4.79 Å². The molecule has 0 amide bonds. The maximum Gasteiger partial charge on any atom is 0.337 e. The zero-order valence-electron chi connectivity index (χ0n) is 18.0. The zero-order valence-corrected chi connectivity index (χ0v) is 18.8. The Morgan fingerprint density at radius 1 is 1.03 bits per heavy atom. The summed E-state index contributed by atoms with van der Waals surface area (Å²) in [7, 11) is 4.51. The van der Waals surface area contributed by atoms with Crippen molar-refractivity contribution >= 4 is 29.0 Å². The van der Waals surface area contributed by atoms with E-state index >= 15 is 0 Å². The van der Waals surface area contributed by atoms with Gasteiger partial charge in [-0.25, -0.2) is 4.79 Å². The van der Waals surface area contributed by atoms with Crippen molar-refractivity contribution in [2.75, 3.05) is 26.2 Å². The van der Waals surface area contributed by atoms with Crippen molar-refractivity contribution in [1.82, 2.24) is 5.32 Å². The number of para-hydroxylation sites is 1. The van der Waals surface area contributed by atoms with Crippen molar-refractivity contribution in [3.63, 3.8) is 0 Å². The van der Waals surface area contributed by atoms with E-state index in [1.54, 1.807) is 20.3 Å². The molecule has 3 rings (SSSR count). The van der Waals surface area contributed by atoms with E-state index in [0.29, 0.717) is 27.9 Å². The highest BCUT2D eigenvalue weighted by atomic mass is 32.1. The van der Waals surface area contributed by atoms with E-state index in [1.807, 2.05) is 49.9 Å². The molecular weight excluding hydrogens is 400 g/mol. The number of hydrogen-bond acceptors (Lipinski definition) is 5. The van der Waals surface area contributed by atoms with Crippen molar-refractivity contribution in [3.05, 3.63) is 64.4 Å². The summed E-state index contributed by atoms with van der Waals surface area (Å²) in [5.74, 6) is 0.669. The fraction of sp³-hybridized carbons (Fsp3) is 0.304. The van der Waals surface area contributed by atoms with Gasteiger partial charge in [-0.3, -0.25) is 4.90 Å². The molecule has 6 nitrogen and oxygen atoms in total. The number of esters is 1. The number of allylic oxidation sites excluding steroid dienone is 1. The first kappa shape index (κ1) is 21.6. The number of carbonyl (C=O) groups excluding carboxylic acids is 1. The van der Waals surface area contributed by atoms with Gasteiger partial charge in [-0.1, -0.05) is 18.2 Å². The smallest absolute Gasteiger partial charge is 0.337 e. The van der Waals surface area contributed by atoms with Gasteiger partial charge in [-0.2, -0.15) is 0 Å². The second-order valence-corrected chi connectivity index (χ2v) is 7.52. The Balaban J connectivity index is 2.22. The fourth-order valence-corrected chi connectivity index (χ4v) is 4.24. The molecule has 2 aromatic carbocycles. The van der Waals surface area contributed by atoms with Crippen LogP contribution < -0.4 is 19.7 Å². The third-order valence-electron chi connectivity index (χ3n) is 5.10. The van der Waals surface area contributed by atoms with Gasteiger partial charge >= 0.3 is 5.97 Å². The third-order valence-corrected chi connectivity index (χ3v) is 5.40. The molecule has 0 saturated carbocycles. The molecule has 1 N–H and O–H groups in total. The Morgan fingerprint density at radius 2 is 1.70 bits per heavy atom. The van der Waals surface area contributed by atoms with Crippen LogP contribution in [0.15, 0.2) is 47.7 Å². The lowest BCUT2D eigenvalue weighted by Gasteiger charge is -2.38. The van der Waals surface area contributed by atoms with Crippen LogP contribution in [0.1, 0.15) is 29.7 Å². The van der Waals surface area contributed by atoms with Crippen molar-refractivity contribution in [2.24, 2.45) is 0 Å². The Bertz CT molecular complexity index is 1010. The lowest BCUT2D eigenvalue weighted by atomic mass is 9.93. The number of rotatable bonds is 5. The summed E-state index contributed by atoms with van der Waals surface area (Å²) in [5, 5.41) is 3.79. The molecule has 1 atom stereocenters. The van der Waals surface area contributed by atoms with Crippen molar-refractivity contribution in [1.29, 1.82) is 0 Å². The first-order chi connectivity index (χ1) is 14.3. The zero-order chi connectivity index (χ0) is 22.0. The molecule has 0 spiro atoms. The van der Waals surface area contributed by atoms with Gasteiger partial charge < -0.3 is 19.5 Å². The van der Waals surface area contributed by atoms with Crippen LogP contribution >= 0.6 is 12.2 Å². The molecule has 0 fully saturated rings. The predicted octanol–water partition coefficient (Wildman–Crippen LogP) is 4.20. The second kappa shape index (κ2) is 8.75. The van der Waals surface area contributed by atoms with Crippen molar-refractivity contribution < 1.29 is 19.0 Å². The van der Waals surface area contributed by atoms with Crippen molar-refractivity contribution in [2.45, 2.75) is 26.8 Å². The number of carbonyl (C=O) groups is 1. The van der Waals surface area contributed by atoms with Gasteiger partial charge in [0.15, 0.2) is 16.6 Å². The first-order valence-corrected chi connectivity index (χ1v) is 9.92. The quantitative estimate of drug-likeness (QED) is 0.568. The SMILES string of the molecule is COC(=O)C1=C(C)N(c2cc(C)cc(C)c2)C(=S)NC1c1cccc(OC)c1OC. The molecule has 1 unspecified atom stereocenters. The molecule has 0 aromatic heterocycles. The molecule has 0 saturated heterocycles. The van der Waals surface area contributed by atoms with Crippen LogP contribution in [-0.4, -0.2) is 32.4 Å². The van der Waals surface area contributed by atoms with Crippen LogP contribution in [0.4, 0.5) is 5.69 Å². The molecule has 1 aliphatic rings. The number of aryl methyl sites for hydroxylation is 2. The Morgan fingerprint density at radius 3 is 2.27 bits per heavy atom. The maximum atomic E-state index is 12.9. The van der Waals surface area contributed by atoms with Crippen molar-refractivity contribution in [3.8, 4) is 11.5 Å². The second-order valence-electron chi connectivity index (χ2n) is 7.14. The van der Waals surface area contributed by atoms with E-state index in [2.05, 4.69) is 11.4 Å². The molecule has 1 heterocycles. The number of anilines is 1. The summed E-state index contributed by atoms with van der Waals surface area (Å²) in [6.07, 6.45) is 0. The lowest BCUT2D eigenvalue weighted by Crippen LogP contribution is -2.48. The Labute approximate surface area is 182 Å². The van der Waals surface area contributed by atoms with Gasteiger partial charge in [0.25, 0.3) is 0 Å². The Hall–Kier alpha value is -3.06. The predicted molar refractivity (Wildman–Crippen MR) is 121 cm³/mol. The summed E-state index contributed by atoms with van der Waals surface area (Å²) in [6, 6.07) is 11.1. The largest absolute Gasteiger partial charge is 0.493 e. The third kappa shape index (κ3) is 3.85. The monoisotopic (exact) mass is 426 g/mol. The van der Waals surface area contributed by atoms with Gasteiger partial charge in [-0.15, -0.1) is 0 Å². The summed E-state index contributed by atoms with van der Waals surface area (Å²) in [6.45, 7) is 5.93. The van der Waals surface area contributed by atoms with Gasteiger partial charge in [-0.05, 0) is 62.3 Å². The van der Waals surface area contributed by atoms with Gasteiger partial charge in [0, 0.05) is 16.9 Å². The minimum atomic E-state index is -0.544. The molecule has 7 heteroatoms. The Kier molecular flexibility index (Phi) is 6.31. The molecule has 30 heavy (non-hydrogen) atoms. The highest BCUT2D eigenvalue weighted by Gasteiger charge is 2.37. The van der Waals surface area contributed by atoms with E-state index in [0.717, 1.165) is 22.4 Å². The van der Waals surface area contributed by atoms with Crippen LogP contribution in [0.3, 0.4) is 0 Å². The average molecular weight is 427 g/mol. The molecule has 0 radical (unpaired) electrons. The molecule has 1 aliphatic heterocycles. The number of methoxy groups -OCH3 is 3. The van der Waals surface area contributed by atoms with Gasteiger partial charge in [0.1, 0.15) is 0 Å². The number of thiocarbonyl (C=S) groups is 1. The molecule has 158 valence electrons. The van der Waals surface area contributed by atoms with Gasteiger partial charge in [0.05, 0.1) is 32.9 Å². The number of hydrogen-bond donors (Lipinski definition) is 1. The summed E-state index contributed by atoms with van der Waals surface area (Å²) >= 11 is 5.72. The minimum Gasteiger partial charge on any atom is -0.493 e. The standard InChI is InChI=1S/C23H26N2O4S/c1-13-10-14(2)12-16(11-13)25-15(3)19(22(26)29-6)20(24-23(25)30)17-8-7-9-18(27-4)21(17)28-5/h7-12,20H,1-6H3,(H,24,30). The first-order valence-electron chi connectivity index (χ1n) is 9.51. The highest BCUT2D eigenvalue weighted by molar-refractivity contribution is 7.80. The number of nitrogens with zero attached hydrogens (tertiary/aromatic N) is 1. The number of nitrogens with one attached hydrogen (secondary N) is 1. The lowest BCUT2D eigenvalue weighted by molar-refractivity contribution is -0.136. The van der Waals surface area contributed by atoms with E-state index in [4.69, 9.17) is 26.4 Å². The van der Waals surface area contributed by atoms with Crippen LogP contribution in [0.2, 0.25) is 0 Å². The number of ether oxygens (including phenoxy) is 3. The summed E-state index contributed by atoms with van der Waals surface area (Å²) in [4.78, 5) is 14.7. The normalized spacial score (nSPS) is 16.3. The van der Waals surface area contributed by atoms with Crippen LogP contribution in [-0.2, 0) is 9.53 Å². The van der Waals surface area contributed by atoms with Crippen LogP contribution in [0, 0.1) is 13.8 Å². The molecular formula is C23H26N2O4S. The van der Waals surface area contributed by atoms with Crippen LogP contribution in [0.25, 0.3) is 0 Å². The average Bonchev–Trinajstić information content (AvgIpc) is 2.71. The summed E-state index contributed by atoms with van der Waals surface area (Å²) < 4.78 is 16.2. The van der Waals surface area contributed by atoms with Crippen LogP contribution in [0.5, 0.6) is 11.5 Å². The maximum absolute atomic E-state index is 12.9. The van der Waals surface area contributed by atoms with E-state index in [1.165, 1.54) is 7.11 Å². The number of benzene rings is 2.